The minimum absolute atomic E-state index is 0.0328. The molecule has 1 saturated heterocycles. The fourth-order valence-electron chi connectivity index (χ4n) is 1.57. The van der Waals surface area contributed by atoms with Crippen LogP contribution in [0.25, 0.3) is 0 Å². The molecule has 0 bridgehead atoms. The third-order valence-electron chi connectivity index (χ3n) is 2.34. The predicted molar refractivity (Wildman–Crippen MR) is 57.6 cm³/mol. The summed E-state index contributed by atoms with van der Waals surface area (Å²) in [6, 6.07) is 0. The van der Waals surface area contributed by atoms with Crippen LogP contribution >= 0.6 is 0 Å². The van der Waals surface area contributed by atoms with Crippen molar-refractivity contribution in [2.45, 2.75) is 0 Å². The maximum atomic E-state index is 8.66. The largest absolute Gasteiger partial charge is 0.409 e. The lowest BCUT2D eigenvalue weighted by Crippen LogP contribution is -2.38. The molecule has 0 amide bonds. The first-order valence-electron chi connectivity index (χ1n) is 4.94. The zero-order chi connectivity index (χ0) is 11.4. The van der Waals surface area contributed by atoms with Gasteiger partial charge in [0, 0.05) is 25.5 Å². The van der Waals surface area contributed by atoms with Gasteiger partial charge in [-0.05, 0) is 0 Å². The molecule has 1 fully saturated rings. The normalized spacial score (nSPS) is 17.5. The highest BCUT2D eigenvalue weighted by molar-refractivity contribution is 5.99. The third-order valence-corrected chi connectivity index (χ3v) is 2.34. The van der Waals surface area contributed by atoms with Crippen LogP contribution in [0.5, 0.6) is 0 Å². The van der Waals surface area contributed by atoms with E-state index in [2.05, 4.69) is 15.1 Å². The minimum atomic E-state index is -0.0328. The zero-order valence-corrected chi connectivity index (χ0v) is 8.70. The van der Waals surface area contributed by atoms with Gasteiger partial charge in [0.2, 0.25) is 0 Å². The summed E-state index contributed by atoms with van der Waals surface area (Å²) in [6.45, 7) is 2.74. The highest BCUT2D eigenvalue weighted by atomic mass is 16.5. The van der Waals surface area contributed by atoms with Crippen LogP contribution in [0.4, 0.5) is 5.82 Å². The Hall–Kier alpha value is -1.89. The van der Waals surface area contributed by atoms with Gasteiger partial charge < -0.3 is 20.6 Å². The number of ether oxygens (including phenoxy) is 1. The number of hydrogen-bond donors (Lipinski definition) is 2. The van der Waals surface area contributed by atoms with Crippen LogP contribution in [0.1, 0.15) is 5.69 Å². The molecule has 16 heavy (non-hydrogen) atoms. The smallest absolute Gasteiger partial charge is 0.192 e. The van der Waals surface area contributed by atoms with E-state index in [1.807, 2.05) is 4.90 Å². The number of aromatic nitrogens is 2. The number of hydrogen-bond acceptors (Lipinski definition) is 6. The number of oxime groups is 1. The van der Waals surface area contributed by atoms with Crippen molar-refractivity contribution in [1.82, 2.24) is 9.97 Å². The second-order valence-corrected chi connectivity index (χ2v) is 3.31. The average molecular weight is 223 g/mol. The maximum absolute atomic E-state index is 8.66. The van der Waals surface area contributed by atoms with Gasteiger partial charge in [-0.1, -0.05) is 5.16 Å². The van der Waals surface area contributed by atoms with E-state index in [4.69, 9.17) is 15.7 Å². The van der Waals surface area contributed by atoms with Crippen LogP contribution < -0.4 is 10.6 Å². The highest BCUT2D eigenvalue weighted by Gasteiger charge is 2.18. The number of anilines is 1. The molecule has 0 aromatic carbocycles. The Morgan fingerprint density at radius 2 is 2.06 bits per heavy atom. The maximum Gasteiger partial charge on any atom is 0.192 e. The summed E-state index contributed by atoms with van der Waals surface area (Å²) in [5.41, 5.74) is 5.94. The molecule has 2 rings (SSSR count). The van der Waals surface area contributed by atoms with E-state index in [0.717, 1.165) is 13.1 Å². The molecule has 2 heterocycles. The van der Waals surface area contributed by atoms with Crippen molar-refractivity contribution >= 4 is 11.7 Å². The second kappa shape index (κ2) is 4.75. The van der Waals surface area contributed by atoms with Crippen molar-refractivity contribution in [3.63, 3.8) is 0 Å². The summed E-state index contributed by atoms with van der Waals surface area (Å²) >= 11 is 0. The van der Waals surface area contributed by atoms with E-state index in [9.17, 15) is 0 Å². The van der Waals surface area contributed by atoms with Gasteiger partial charge in [0.25, 0.3) is 0 Å². The fraction of sp³-hybridized carbons (Fsp3) is 0.444. The van der Waals surface area contributed by atoms with E-state index >= 15 is 0 Å². The molecular weight excluding hydrogens is 210 g/mol. The first kappa shape index (κ1) is 10.6. The Morgan fingerprint density at radius 1 is 1.38 bits per heavy atom. The van der Waals surface area contributed by atoms with Crippen LogP contribution in [-0.4, -0.2) is 47.3 Å². The summed E-state index contributed by atoms with van der Waals surface area (Å²) in [5.74, 6) is 0.593. The standard InChI is InChI=1S/C9H13N5O2/c10-8(13-15)7-9(12-2-1-11-7)14-3-5-16-6-4-14/h1-2,15H,3-6H2,(H2,10,13). The van der Waals surface area contributed by atoms with Crippen LogP contribution in [0.15, 0.2) is 17.5 Å². The van der Waals surface area contributed by atoms with E-state index in [1.54, 1.807) is 6.20 Å². The van der Waals surface area contributed by atoms with E-state index in [-0.39, 0.29) is 5.84 Å². The van der Waals surface area contributed by atoms with E-state index in [0.29, 0.717) is 24.7 Å². The molecule has 7 heteroatoms. The molecule has 86 valence electrons. The van der Waals surface area contributed by atoms with Crippen molar-refractivity contribution in [2.75, 3.05) is 31.2 Å². The summed E-state index contributed by atoms with van der Waals surface area (Å²) in [5, 5.41) is 11.6. The van der Waals surface area contributed by atoms with E-state index < -0.39 is 0 Å². The van der Waals surface area contributed by atoms with Gasteiger partial charge in [-0.3, -0.25) is 0 Å². The van der Waals surface area contributed by atoms with Gasteiger partial charge in [-0.2, -0.15) is 0 Å². The molecule has 0 aliphatic carbocycles. The molecule has 0 spiro atoms. The van der Waals surface area contributed by atoms with Gasteiger partial charge in [-0.15, -0.1) is 0 Å². The fourth-order valence-corrected chi connectivity index (χ4v) is 1.57. The lowest BCUT2D eigenvalue weighted by atomic mass is 10.3. The Balaban J connectivity index is 2.31. The minimum Gasteiger partial charge on any atom is -0.409 e. The Morgan fingerprint density at radius 3 is 2.75 bits per heavy atom. The number of morpholine rings is 1. The average Bonchev–Trinajstić information content (AvgIpc) is 2.39. The van der Waals surface area contributed by atoms with Gasteiger partial charge in [0.15, 0.2) is 17.3 Å². The summed E-state index contributed by atoms with van der Waals surface area (Å²) in [6.07, 6.45) is 3.09. The number of rotatable bonds is 2. The summed E-state index contributed by atoms with van der Waals surface area (Å²) in [4.78, 5) is 10.3. The van der Waals surface area contributed by atoms with Crippen LogP contribution in [-0.2, 0) is 4.74 Å². The molecule has 1 aromatic rings. The lowest BCUT2D eigenvalue weighted by molar-refractivity contribution is 0.122. The SMILES string of the molecule is N/C(=N\O)c1nccnc1N1CCOCC1. The monoisotopic (exact) mass is 223 g/mol. The molecule has 7 nitrogen and oxygen atoms in total. The first-order valence-corrected chi connectivity index (χ1v) is 4.94. The Kier molecular flexibility index (Phi) is 3.16. The lowest BCUT2D eigenvalue weighted by Gasteiger charge is -2.28. The molecule has 1 aromatic heterocycles. The number of nitrogens with zero attached hydrogens (tertiary/aromatic N) is 4. The summed E-state index contributed by atoms with van der Waals surface area (Å²) in [7, 11) is 0. The number of nitrogens with two attached hydrogens (primary N) is 1. The third kappa shape index (κ3) is 2.03. The molecule has 0 atom stereocenters. The van der Waals surface area contributed by atoms with Crippen LogP contribution in [0.3, 0.4) is 0 Å². The van der Waals surface area contributed by atoms with Crippen molar-refractivity contribution < 1.29 is 9.94 Å². The molecule has 0 unspecified atom stereocenters. The quantitative estimate of drug-likeness (QED) is 0.301. The highest BCUT2D eigenvalue weighted by Crippen LogP contribution is 2.15. The topological polar surface area (TPSA) is 96.9 Å². The van der Waals surface area contributed by atoms with Crippen LogP contribution in [0.2, 0.25) is 0 Å². The van der Waals surface area contributed by atoms with Gasteiger partial charge in [0.1, 0.15) is 0 Å². The van der Waals surface area contributed by atoms with Crippen molar-refractivity contribution in [3.05, 3.63) is 18.1 Å². The van der Waals surface area contributed by atoms with Crippen molar-refractivity contribution in [2.24, 2.45) is 10.9 Å². The molecular formula is C9H13N5O2. The predicted octanol–water partition coefficient (Wildman–Crippen LogP) is -0.592. The second-order valence-electron chi connectivity index (χ2n) is 3.31. The van der Waals surface area contributed by atoms with E-state index in [1.165, 1.54) is 6.20 Å². The molecule has 1 aliphatic rings. The number of amidine groups is 1. The molecule has 0 saturated carbocycles. The van der Waals surface area contributed by atoms with Crippen molar-refractivity contribution in [1.29, 1.82) is 0 Å². The van der Waals surface area contributed by atoms with Crippen molar-refractivity contribution in [3.8, 4) is 0 Å². The van der Waals surface area contributed by atoms with Crippen LogP contribution in [0, 0.1) is 0 Å². The summed E-state index contributed by atoms with van der Waals surface area (Å²) < 4.78 is 5.25. The Bertz CT molecular complexity index is 389. The first-order chi connectivity index (χ1) is 7.83. The Labute approximate surface area is 92.5 Å². The van der Waals surface area contributed by atoms with Gasteiger partial charge >= 0.3 is 0 Å². The molecule has 3 N–H and O–H groups in total. The van der Waals surface area contributed by atoms with Gasteiger partial charge in [0.05, 0.1) is 13.2 Å². The molecule has 0 radical (unpaired) electrons. The molecule has 1 aliphatic heterocycles. The zero-order valence-electron chi connectivity index (χ0n) is 8.70. The van der Waals surface area contributed by atoms with Gasteiger partial charge in [-0.25, -0.2) is 9.97 Å².